The molecule has 134 valence electrons. The quantitative estimate of drug-likeness (QED) is 0.531. The number of aromatic amines is 1. The number of benzene rings is 2. The van der Waals surface area contributed by atoms with E-state index in [0.29, 0.717) is 22.1 Å². The zero-order valence-corrected chi connectivity index (χ0v) is 15.4. The van der Waals surface area contributed by atoms with Gasteiger partial charge in [0, 0.05) is 11.1 Å². The van der Waals surface area contributed by atoms with Crippen LogP contribution in [-0.2, 0) is 0 Å². The van der Waals surface area contributed by atoms with Gasteiger partial charge in [-0.25, -0.2) is 5.10 Å². The van der Waals surface area contributed by atoms with Gasteiger partial charge in [-0.05, 0) is 42.5 Å². The zero-order valence-electron chi connectivity index (χ0n) is 14.6. The van der Waals surface area contributed by atoms with Crippen molar-refractivity contribution in [2.24, 2.45) is 5.10 Å². The summed E-state index contributed by atoms with van der Waals surface area (Å²) in [6, 6.07) is 13.1. The fourth-order valence-electron chi connectivity index (χ4n) is 2.45. The number of hydrogen-bond donors (Lipinski definition) is 1. The van der Waals surface area contributed by atoms with Crippen molar-refractivity contribution in [1.82, 2.24) is 14.9 Å². The van der Waals surface area contributed by atoms with Crippen molar-refractivity contribution in [3.05, 3.63) is 52.8 Å². The van der Waals surface area contributed by atoms with Crippen molar-refractivity contribution >= 4 is 18.4 Å². The van der Waals surface area contributed by atoms with Gasteiger partial charge in [-0.2, -0.15) is 14.9 Å². The van der Waals surface area contributed by atoms with E-state index in [1.807, 2.05) is 36.4 Å². The molecule has 0 amide bonds. The van der Waals surface area contributed by atoms with Crippen molar-refractivity contribution in [3.8, 4) is 28.6 Å². The molecule has 2 aromatic carbocycles. The van der Waals surface area contributed by atoms with Gasteiger partial charge < -0.3 is 14.2 Å². The van der Waals surface area contributed by atoms with E-state index in [1.165, 1.54) is 0 Å². The number of rotatable bonds is 6. The SMILES string of the molecule is COc1ccccc1C=Nn1c(-c2ccc(OC)c(OC)c2)n[nH]c1=S. The minimum absolute atomic E-state index is 0.376. The molecule has 0 bridgehead atoms. The van der Waals surface area contributed by atoms with E-state index >= 15 is 0 Å². The lowest BCUT2D eigenvalue weighted by Gasteiger charge is -2.09. The third-order valence-electron chi connectivity index (χ3n) is 3.74. The predicted octanol–water partition coefficient (Wildman–Crippen LogP) is 3.52. The molecule has 1 heterocycles. The summed E-state index contributed by atoms with van der Waals surface area (Å²) >= 11 is 5.30. The van der Waals surface area contributed by atoms with Crippen LogP contribution in [-0.4, -0.2) is 42.4 Å². The summed E-state index contributed by atoms with van der Waals surface area (Å²) in [6.45, 7) is 0. The first-order chi connectivity index (χ1) is 12.7. The first kappa shape index (κ1) is 17.7. The Balaban J connectivity index is 2.02. The van der Waals surface area contributed by atoms with Crippen LogP contribution in [0.1, 0.15) is 5.56 Å². The summed E-state index contributed by atoms with van der Waals surface area (Å²) in [7, 11) is 4.79. The maximum atomic E-state index is 5.35. The lowest BCUT2D eigenvalue weighted by Crippen LogP contribution is -1.97. The molecule has 8 heteroatoms. The molecule has 3 aromatic rings. The Morgan fingerprint density at radius 1 is 1.00 bits per heavy atom. The van der Waals surface area contributed by atoms with Gasteiger partial charge in [0.25, 0.3) is 0 Å². The minimum atomic E-state index is 0.376. The summed E-state index contributed by atoms with van der Waals surface area (Å²) in [4.78, 5) is 0. The van der Waals surface area contributed by atoms with Gasteiger partial charge in [0.1, 0.15) is 5.75 Å². The second-order valence-electron chi connectivity index (χ2n) is 5.22. The van der Waals surface area contributed by atoms with E-state index in [-0.39, 0.29) is 0 Å². The van der Waals surface area contributed by atoms with Crippen molar-refractivity contribution in [2.75, 3.05) is 21.3 Å². The smallest absolute Gasteiger partial charge is 0.216 e. The highest BCUT2D eigenvalue weighted by molar-refractivity contribution is 7.71. The van der Waals surface area contributed by atoms with Crippen molar-refractivity contribution in [3.63, 3.8) is 0 Å². The number of ether oxygens (including phenoxy) is 3. The van der Waals surface area contributed by atoms with Crippen LogP contribution in [0.2, 0.25) is 0 Å². The molecule has 0 spiro atoms. The number of methoxy groups -OCH3 is 3. The summed E-state index contributed by atoms with van der Waals surface area (Å²) in [5, 5.41) is 11.5. The van der Waals surface area contributed by atoms with Crippen LogP contribution >= 0.6 is 12.2 Å². The molecular formula is C18H18N4O3S. The summed E-state index contributed by atoms with van der Waals surface area (Å²) in [5.74, 6) is 2.51. The molecule has 0 unspecified atom stereocenters. The third kappa shape index (κ3) is 3.45. The summed E-state index contributed by atoms with van der Waals surface area (Å²) in [5.41, 5.74) is 1.61. The normalized spacial score (nSPS) is 10.9. The second-order valence-corrected chi connectivity index (χ2v) is 5.61. The molecule has 26 heavy (non-hydrogen) atoms. The van der Waals surface area contributed by atoms with E-state index in [1.54, 1.807) is 38.3 Å². The summed E-state index contributed by atoms with van der Waals surface area (Å²) in [6.07, 6.45) is 1.68. The average molecular weight is 370 g/mol. The fourth-order valence-corrected chi connectivity index (χ4v) is 2.63. The van der Waals surface area contributed by atoms with E-state index in [9.17, 15) is 0 Å². The van der Waals surface area contributed by atoms with E-state index in [4.69, 9.17) is 26.4 Å². The van der Waals surface area contributed by atoms with Gasteiger partial charge >= 0.3 is 0 Å². The van der Waals surface area contributed by atoms with Crippen LogP contribution in [0.5, 0.6) is 17.2 Å². The molecule has 0 saturated carbocycles. The Bertz CT molecular complexity index is 994. The van der Waals surface area contributed by atoms with Crippen LogP contribution in [0, 0.1) is 4.77 Å². The average Bonchev–Trinajstić information content (AvgIpc) is 3.06. The molecule has 1 N–H and O–H groups in total. The maximum absolute atomic E-state index is 5.35. The first-order valence-corrected chi connectivity index (χ1v) is 8.16. The van der Waals surface area contributed by atoms with Gasteiger partial charge in [0.2, 0.25) is 4.77 Å². The lowest BCUT2D eigenvalue weighted by molar-refractivity contribution is 0.355. The van der Waals surface area contributed by atoms with Gasteiger partial charge in [-0.15, -0.1) is 0 Å². The molecule has 7 nitrogen and oxygen atoms in total. The van der Waals surface area contributed by atoms with Crippen LogP contribution in [0.25, 0.3) is 11.4 Å². The fraction of sp³-hybridized carbons (Fsp3) is 0.167. The molecule has 1 aromatic heterocycles. The summed E-state index contributed by atoms with van der Waals surface area (Å²) < 4.78 is 17.9. The van der Waals surface area contributed by atoms with Gasteiger partial charge in [-0.1, -0.05) is 12.1 Å². The Hall–Kier alpha value is -3.13. The molecule has 0 aliphatic heterocycles. The van der Waals surface area contributed by atoms with E-state index in [2.05, 4.69) is 15.3 Å². The molecule has 3 rings (SSSR count). The van der Waals surface area contributed by atoms with Crippen molar-refractivity contribution in [1.29, 1.82) is 0 Å². The number of para-hydroxylation sites is 1. The Kier molecular flexibility index (Phi) is 5.33. The minimum Gasteiger partial charge on any atom is -0.496 e. The van der Waals surface area contributed by atoms with Gasteiger partial charge in [0.15, 0.2) is 17.3 Å². The molecule has 0 atom stereocenters. The number of nitrogens with one attached hydrogen (secondary N) is 1. The lowest BCUT2D eigenvalue weighted by atomic mass is 10.2. The highest BCUT2D eigenvalue weighted by Crippen LogP contribution is 2.31. The molecule has 0 fully saturated rings. The number of H-pyrrole nitrogens is 1. The molecule has 0 saturated heterocycles. The number of nitrogens with zero attached hydrogens (tertiary/aromatic N) is 3. The maximum Gasteiger partial charge on any atom is 0.216 e. The van der Waals surface area contributed by atoms with Crippen LogP contribution < -0.4 is 14.2 Å². The Morgan fingerprint density at radius 2 is 1.73 bits per heavy atom. The number of hydrogen-bond acceptors (Lipinski definition) is 6. The molecule has 0 aliphatic carbocycles. The highest BCUT2D eigenvalue weighted by Gasteiger charge is 2.12. The van der Waals surface area contributed by atoms with Gasteiger partial charge in [-0.3, -0.25) is 0 Å². The predicted molar refractivity (Wildman–Crippen MR) is 102 cm³/mol. The second kappa shape index (κ2) is 7.83. The first-order valence-electron chi connectivity index (χ1n) is 7.75. The van der Waals surface area contributed by atoms with Crippen LogP contribution in [0.3, 0.4) is 0 Å². The van der Waals surface area contributed by atoms with Gasteiger partial charge in [0.05, 0.1) is 27.5 Å². The van der Waals surface area contributed by atoms with E-state index < -0.39 is 0 Å². The standard InChI is InChI=1S/C18H18N4O3S/c1-23-14-7-5-4-6-13(14)11-19-22-17(20-21-18(22)26)12-8-9-15(24-2)16(10-12)25-3/h4-11H,1-3H3,(H,21,26). The molecular weight excluding hydrogens is 352 g/mol. The molecule has 0 radical (unpaired) electrons. The third-order valence-corrected chi connectivity index (χ3v) is 4.01. The van der Waals surface area contributed by atoms with E-state index in [0.717, 1.165) is 16.9 Å². The largest absolute Gasteiger partial charge is 0.496 e. The monoisotopic (exact) mass is 370 g/mol. The highest BCUT2D eigenvalue weighted by atomic mass is 32.1. The van der Waals surface area contributed by atoms with Crippen molar-refractivity contribution in [2.45, 2.75) is 0 Å². The number of aromatic nitrogens is 3. The Morgan fingerprint density at radius 3 is 2.46 bits per heavy atom. The van der Waals surface area contributed by atoms with Crippen LogP contribution in [0.15, 0.2) is 47.6 Å². The topological polar surface area (TPSA) is 73.7 Å². The zero-order chi connectivity index (χ0) is 18.5. The van der Waals surface area contributed by atoms with Crippen molar-refractivity contribution < 1.29 is 14.2 Å². The Labute approximate surface area is 155 Å². The molecule has 0 aliphatic rings. The van der Waals surface area contributed by atoms with Crippen LogP contribution in [0.4, 0.5) is 0 Å².